The Bertz CT molecular complexity index is 741. The topological polar surface area (TPSA) is 77.8 Å². The van der Waals surface area contributed by atoms with Crippen LogP contribution >= 0.6 is 0 Å². The number of fused-ring (bicyclic) bond motifs is 2. The summed E-state index contributed by atoms with van der Waals surface area (Å²) in [7, 11) is 0. The Labute approximate surface area is 155 Å². The monoisotopic (exact) mass is 359 g/mol. The van der Waals surface area contributed by atoms with E-state index in [-0.39, 0.29) is 23.0 Å². The Kier molecular flexibility index (Phi) is 4.42. The maximum atomic E-state index is 13.1. The summed E-state index contributed by atoms with van der Waals surface area (Å²) in [5, 5.41) is 20.9. The number of Topliss-reactive ketones (excluding diaryl/α,β-unsaturated/α-hetero) is 1. The van der Waals surface area contributed by atoms with Crippen molar-refractivity contribution in [2.75, 3.05) is 6.54 Å². The molecule has 1 aliphatic heterocycles. The summed E-state index contributed by atoms with van der Waals surface area (Å²) >= 11 is 0. The molecule has 0 radical (unpaired) electrons. The van der Waals surface area contributed by atoms with Crippen molar-refractivity contribution in [3.63, 3.8) is 0 Å². The van der Waals surface area contributed by atoms with E-state index < -0.39 is 17.6 Å². The molecule has 142 valence electrons. The van der Waals surface area contributed by atoms with Gasteiger partial charge in [-0.1, -0.05) is 46.3 Å². The second-order valence-corrected chi connectivity index (χ2v) is 8.85. The highest BCUT2D eigenvalue weighted by Crippen LogP contribution is 2.53. The third-order valence-corrected chi connectivity index (χ3v) is 6.27. The first-order chi connectivity index (χ1) is 12.0. The molecule has 26 heavy (non-hydrogen) atoms. The van der Waals surface area contributed by atoms with Crippen molar-refractivity contribution >= 4 is 11.8 Å². The van der Waals surface area contributed by atoms with Gasteiger partial charge >= 0.3 is 5.97 Å². The van der Waals surface area contributed by atoms with Crippen LogP contribution in [0.1, 0.15) is 47.5 Å². The molecule has 1 fully saturated rings. The van der Waals surface area contributed by atoms with E-state index in [0.717, 1.165) is 12.8 Å². The van der Waals surface area contributed by atoms with Crippen molar-refractivity contribution in [1.82, 2.24) is 4.90 Å². The zero-order valence-corrected chi connectivity index (χ0v) is 16.2. The van der Waals surface area contributed by atoms with Crippen molar-refractivity contribution in [2.45, 2.75) is 59.1 Å². The highest BCUT2D eigenvalue weighted by atomic mass is 16.4. The lowest BCUT2D eigenvalue weighted by molar-refractivity contribution is -0.144. The van der Waals surface area contributed by atoms with Crippen molar-refractivity contribution in [1.29, 1.82) is 0 Å². The minimum absolute atomic E-state index is 0.0455. The van der Waals surface area contributed by atoms with Gasteiger partial charge in [0.25, 0.3) is 0 Å². The molecule has 3 rings (SSSR count). The third kappa shape index (κ3) is 2.82. The Balaban J connectivity index is 2.04. The van der Waals surface area contributed by atoms with Crippen LogP contribution in [0.15, 0.2) is 35.1 Å². The second kappa shape index (κ2) is 6.08. The summed E-state index contributed by atoms with van der Waals surface area (Å²) in [6.07, 6.45) is 6.96. The summed E-state index contributed by atoms with van der Waals surface area (Å²) in [6, 6.07) is -0.685. The van der Waals surface area contributed by atoms with E-state index >= 15 is 0 Å². The van der Waals surface area contributed by atoms with E-state index in [1.54, 1.807) is 18.0 Å². The van der Waals surface area contributed by atoms with E-state index in [9.17, 15) is 19.8 Å². The Morgan fingerprint density at radius 2 is 2.04 bits per heavy atom. The molecule has 0 aromatic carbocycles. The molecule has 5 heteroatoms. The van der Waals surface area contributed by atoms with Crippen LogP contribution in [0.3, 0.4) is 0 Å². The molecule has 2 N–H and O–H groups in total. The summed E-state index contributed by atoms with van der Waals surface area (Å²) in [5.41, 5.74) is 0.512. The molecule has 0 aromatic rings. The van der Waals surface area contributed by atoms with E-state index in [2.05, 4.69) is 13.8 Å². The van der Waals surface area contributed by atoms with Crippen LogP contribution in [0.2, 0.25) is 0 Å². The minimum Gasteiger partial charge on any atom is -0.480 e. The van der Waals surface area contributed by atoms with Crippen LogP contribution in [0.5, 0.6) is 0 Å². The summed E-state index contributed by atoms with van der Waals surface area (Å²) < 4.78 is 0. The van der Waals surface area contributed by atoms with E-state index in [4.69, 9.17) is 0 Å². The fourth-order valence-corrected chi connectivity index (χ4v) is 4.67. The first-order valence-electron chi connectivity index (χ1n) is 9.40. The first kappa shape index (κ1) is 18.9. The van der Waals surface area contributed by atoms with Gasteiger partial charge in [0.1, 0.15) is 6.04 Å². The molecular formula is C21H29NO4. The van der Waals surface area contributed by atoms with Gasteiger partial charge in [0.15, 0.2) is 5.78 Å². The van der Waals surface area contributed by atoms with Gasteiger partial charge in [0, 0.05) is 29.8 Å². The minimum atomic E-state index is -1.11. The predicted molar refractivity (Wildman–Crippen MR) is 99.4 cm³/mol. The lowest BCUT2D eigenvalue weighted by Gasteiger charge is -2.43. The van der Waals surface area contributed by atoms with E-state index in [1.165, 1.54) is 0 Å². The van der Waals surface area contributed by atoms with Gasteiger partial charge in [0.05, 0.1) is 5.60 Å². The number of nitrogens with zero attached hydrogens (tertiary/aromatic N) is 1. The molecule has 0 spiro atoms. The Morgan fingerprint density at radius 1 is 1.38 bits per heavy atom. The molecule has 0 bridgehead atoms. The summed E-state index contributed by atoms with van der Waals surface area (Å²) in [4.78, 5) is 26.7. The molecule has 2 aliphatic carbocycles. The predicted octanol–water partition coefficient (Wildman–Crippen LogP) is 2.92. The number of hydrogen-bond acceptors (Lipinski definition) is 4. The van der Waals surface area contributed by atoms with Crippen molar-refractivity contribution in [3.05, 3.63) is 35.1 Å². The fourth-order valence-electron chi connectivity index (χ4n) is 4.67. The van der Waals surface area contributed by atoms with Crippen molar-refractivity contribution < 1.29 is 19.8 Å². The number of aliphatic hydroxyl groups is 1. The van der Waals surface area contributed by atoms with Gasteiger partial charge in [-0.3, -0.25) is 4.79 Å². The van der Waals surface area contributed by atoms with E-state index in [0.29, 0.717) is 23.3 Å². The van der Waals surface area contributed by atoms with Crippen LogP contribution in [0.4, 0.5) is 0 Å². The molecule has 1 heterocycles. The normalized spacial score (nSPS) is 32.1. The molecule has 0 saturated heterocycles. The number of ketones is 1. The first-order valence-corrected chi connectivity index (χ1v) is 9.40. The zero-order valence-electron chi connectivity index (χ0n) is 16.2. The molecule has 0 amide bonds. The van der Waals surface area contributed by atoms with Crippen LogP contribution < -0.4 is 0 Å². The molecule has 0 unspecified atom stereocenters. The summed E-state index contributed by atoms with van der Waals surface area (Å²) in [5.74, 6) is -1.21. The van der Waals surface area contributed by atoms with Crippen molar-refractivity contribution in [2.24, 2.45) is 17.3 Å². The molecule has 0 aromatic heterocycles. The zero-order chi connectivity index (χ0) is 19.4. The number of carboxylic acids is 1. The maximum Gasteiger partial charge on any atom is 0.326 e. The molecule has 1 saturated carbocycles. The number of allylic oxidation sites excluding steroid dienone is 1. The lowest BCUT2D eigenvalue weighted by atomic mass is 9.67. The highest BCUT2D eigenvalue weighted by molar-refractivity contribution is 6.14. The highest BCUT2D eigenvalue weighted by Gasteiger charge is 2.53. The number of carboxylic acid groups (broad SMARTS) is 1. The summed E-state index contributed by atoms with van der Waals surface area (Å²) in [6.45, 7) is 10.2. The van der Waals surface area contributed by atoms with Crippen LogP contribution in [-0.4, -0.2) is 45.1 Å². The van der Waals surface area contributed by atoms with Crippen molar-refractivity contribution in [3.8, 4) is 0 Å². The van der Waals surface area contributed by atoms with Gasteiger partial charge < -0.3 is 15.1 Å². The van der Waals surface area contributed by atoms with Crippen LogP contribution in [-0.2, 0) is 9.59 Å². The Hall–Kier alpha value is -1.88. The number of hydrogen-bond donors (Lipinski definition) is 2. The number of aliphatic carboxylic acids is 1. The maximum absolute atomic E-state index is 13.1. The SMILES string of the molecule is CC[C@H](C)[C@@H](C(=O)O)N1C=C2C(=O)C3=CC(C)(C)C[C@@H]3[C@@](C)(O)C2=CC1. The van der Waals surface area contributed by atoms with Gasteiger partial charge in [-0.25, -0.2) is 4.79 Å². The Morgan fingerprint density at radius 3 is 2.62 bits per heavy atom. The van der Waals surface area contributed by atoms with E-state index in [1.807, 2.05) is 26.0 Å². The van der Waals surface area contributed by atoms with Gasteiger partial charge in [0.2, 0.25) is 0 Å². The van der Waals surface area contributed by atoms with Gasteiger partial charge in [-0.15, -0.1) is 0 Å². The number of carbonyl (C=O) groups is 2. The van der Waals surface area contributed by atoms with Crippen LogP contribution in [0.25, 0.3) is 0 Å². The molecule has 4 atom stereocenters. The molecule has 5 nitrogen and oxygen atoms in total. The smallest absolute Gasteiger partial charge is 0.326 e. The second-order valence-electron chi connectivity index (χ2n) is 8.85. The standard InChI is InChI=1S/C21H29NO4/c1-6-12(2)17(19(24)25)22-8-7-15-14(11-22)18(23)13-9-20(3,4)10-16(13)21(15,5)26/h7,9,11-12,16-17,26H,6,8,10H2,1-5H3,(H,24,25)/t12-,16-,17-,21-/m0/s1. The van der Waals surface area contributed by atoms with Gasteiger partial charge in [-0.2, -0.15) is 0 Å². The fraction of sp³-hybridized carbons (Fsp3) is 0.619. The average Bonchev–Trinajstić information content (AvgIpc) is 2.89. The number of rotatable bonds is 4. The quantitative estimate of drug-likeness (QED) is 0.807. The van der Waals surface area contributed by atoms with Crippen LogP contribution in [0, 0.1) is 17.3 Å². The molecule has 3 aliphatic rings. The molecular weight excluding hydrogens is 330 g/mol. The largest absolute Gasteiger partial charge is 0.480 e. The average molecular weight is 359 g/mol. The third-order valence-electron chi connectivity index (χ3n) is 6.27. The number of carbonyl (C=O) groups excluding carboxylic acids is 1. The lowest BCUT2D eigenvalue weighted by Crippen LogP contribution is -2.49. The van der Waals surface area contributed by atoms with Gasteiger partial charge in [-0.05, 0) is 30.3 Å².